The summed E-state index contributed by atoms with van der Waals surface area (Å²) in [6.07, 6.45) is 2.32. The summed E-state index contributed by atoms with van der Waals surface area (Å²) in [5.41, 5.74) is 0. The van der Waals surface area contributed by atoms with Crippen LogP contribution in [0.3, 0.4) is 0 Å². The van der Waals surface area contributed by atoms with Gasteiger partial charge < -0.3 is 10.0 Å². The molecule has 0 saturated carbocycles. The number of carboxylic acids is 1. The normalized spacial score (nSPS) is 22.2. The highest BCUT2D eigenvalue weighted by Crippen LogP contribution is 2.19. The Labute approximate surface area is 109 Å². The smallest absolute Gasteiger partial charge is 0.326 e. The number of aliphatic carboxylic acids is 1. The van der Waals surface area contributed by atoms with Crippen molar-refractivity contribution < 1.29 is 14.7 Å². The second-order valence-electron chi connectivity index (χ2n) is 5.57. The van der Waals surface area contributed by atoms with Crippen LogP contribution in [0, 0.1) is 5.92 Å². The number of rotatable bonds is 5. The lowest BCUT2D eigenvalue weighted by Crippen LogP contribution is -2.50. The Kier molecular flexibility index (Phi) is 5.14. The zero-order valence-electron chi connectivity index (χ0n) is 11.7. The Hall–Kier alpha value is -1.10. The molecule has 0 aromatic carbocycles. The van der Waals surface area contributed by atoms with Gasteiger partial charge in [0.05, 0.1) is 6.04 Å². The summed E-state index contributed by atoms with van der Waals surface area (Å²) >= 11 is 0. The first kappa shape index (κ1) is 15.0. The van der Waals surface area contributed by atoms with Gasteiger partial charge in [0, 0.05) is 7.05 Å². The molecule has 1 saturated heterocycles. The maximum Gasteiger partial charge on any atom is 0.326 e. The van der Waals surface area contributed by atoms with E-state index in [1.54, 1.807) is 7.05 Å². The molecule has 0 aliphatic carbocycles. The Bertz CT molecular complexity index is 317. The first-order valence-electron chi connectivity index (χ1n) is 6.54. The van der Waals surface area contributed by atoms with Crippen molar-refractivity contribution >= 4 is 11.9 Å². The molecule has 1 aliphatic rings. The molecule has 2 unspecified atom stereocenters. The van der Waals surface area contributed by atoms with Crippen LogP contribution in [0.1, 0.15) is 33.1 Å². The van der Waals surface area contributed by atoms with Crippen molar-refractivity contribution in [2.45, 2.75) is 45.2 Å². The van der Waals surface area contributed by atoms with E-state index < -0.39 is 12.0 Å². The average molecular weight is 256 g/mol. The van der Waals surface area contributed by atoms with Gasteiger partial charge in [0.1, 0.15) is 6.04 Å². The van der Waals surface area contributed by atoms with Gasteiger partial charge in [-0.25, -0.2) is 4.79 Å². The number of hydrogen-bond donors (Lipinski definition) is 1. The number of amides is 1. The molecule has 5 heteroatoms. The molecular formula is C13H24N2O3. The summed E-state index contributed by atoms with van der Waals surface area (Å²) in [5, 5.41) is 9.24. The Morgan fingerprint density at radius 2 is 2.06 bits per heavy atom. The van der Waals surface area contributed by atoms with Crippen molar-refractivity contribution in [3.8, 4) is 0 Å². The first-order chi connectivity index (χ1) is 8.34. The lowest BCUT2D eigenvalue weighted by Gasteiger charge is -2.30. The van der Waals surface area contributed by atoms with Gasteiger partial charge in [0.2, 0.25) is 5.91 Å². The summed E-state index contributed by atoms with van der Waals surface area (Å²) in [5.74, 6) is -0.731. The number of likely N-dealkylation sites (N-methyl/N-ethyl adjacent to an activating group) is 2. The zero-order chi connectivity index (χ0) is 13.9. The second kappa shape index (κ2) is 6.18. The molecule has 0 spiro atoms. The fourth-order valence-corrected chi connectivity index (χ4v) is 2.48. The average Bonchev–Trinajstić information content (AvgIpc) is 2.69. The number of carbonyl (C=O) groups is 2. The Morgan fingerprint density at radius 3 is 2.44 bits per heavy atom. The lowest BCUT2D eigenvalue weighted by atomic mass is 10.0. The van der Waals surface area contributed by atoms with E-state index in [-0.39, 0.29) is 17.9 Å². The lowest BCUT2D eigenvalue weighted by molar-refractivity contribution is -0.151. The Balaban J connectivity index is 2.72. The van der Waals surface area contributed by atoms with E-state index in [4.69, 9.17) is 0 Å². The van der Waals surface area contributed by atoms with Crippen LogP contribution in [-0.2, 0) is 9.59 Å². The zero-order valence-corrected chi connectivity index (χ0v) is 11.7. The van der Waals surface area contributed by atoms with Crippen LogP contribution in [0.25, 0.3) is 0 Å². The molecule has 0 aromatic rings. The highest BCUT2D eigenvalue weighted by molar-refractivity contribution is 5.87. The molecule has 104 valence electrons. The van der Waals surface area contributed by atoms with Gasteiger partial charge in [0.25, 0.3) is 0 Å². The molecule has 5 nitrogen and oxygen atoms in total. The topological polar surface area (TPSA) is 60.9 Å². The van der Waals surface area contributed by atoms with Gasteiger partial charge in [-0.3, -0.25) is 9.69 Å². The molecule has 0 radical (unpaired) electrons. The van der Waals surface area contributed by atoms with E-state index in [0.717, 1.165) is 19.4 Å². The third-order valence-electron chi connectivity index (χ3n) is 3.60. The first-order valence-corrected chi connectivity index (χ1v) is 6.54. The monoisotopic (exact) mass is 256 g/mol. The van der Waals surface area contributed by atoms with Crippen LogP contribution in [0.2, 0.25) is 0 Å². The van der Waals surface area contributed by atoms with Gasteiger partial charge >= 0.3 is 5.97 Å². The molecule has 1 heterocycles. The SMILES string of the molecule is CC(C)CC(C(=O)O)N(C)C(=O)C1CCCN1C. The number of carboxylic acid groups (broad SMARTS) is 1. The number of hydrogen-bond acceptors (Lipinski definition) is 3. The highest BCUT2D eigenvalue weighted by atomic mass is 16.4. The van der Waals surface area contributed by atoms with Crippen LogP contribution in [0.4, 0.5) is 0 Å². The number of nitrogens with zero attached hydrogens (tertiary/aromatic N) is 2. The quantitative estimate of drug-likeness (QED) is 0.798. The van der Waals surface area contributed by atoms with E-state index >= 15 is 0 Å². The highest BCUT2D eigenvalue weighted by Gasteiger charge is 2.35. The summed E-state index contributed by atoms with van der Waals surface area (Å²) in [6.45, 7) is 4.85. The minimum Gasteiger partial charge on any atom is -0.480 e. The molecule has 1 aliphatic heterocycles. The minimum atomic E-state index is -0.916. The summed E-state index contributed by atoms with van der Waals surface area (Å²) in [4.78, 5) is 27.0. The van der Waals surface area contributed by atoms with E-state index in [9.17, 15) is 14.7 Å². The maximum atomic E-state index is 12.3. The van der Waals surface area contributed by atoms with Crippen LogP contribution in [0.15, 0.2) is 0 Å². The molecule has 1 rings (SSSR count). The predicted molar refractivity (Wildman–Crippen MR) is 69.3 cm³/mol. The molecule has 0 aromatic heterocycles. The van der Waals surface area contributed by atoms with Crippen LogP contribution in [0.5, 0.6) is 0 Å². The van der Waals surface area contributed by atoms with Gasteiger partial charge in [-0.05, 0) is 38.8 Å². The molecule has 1 amide bonds. The van der Waals surface area contributed by atoms with Crippen molar-refractivity contribution in [3.05, 3.63) is 0 Å². The standard InChI is InChI=1S/C13H24N2O3/c1-9(2)8-11(13(17)18)15(4)12(16)10-6-5-7-14(10)3/h9-11H,5-8H2,1-4H3,(H,17,18). The third-order valence-corrected chi connectivity index (χ3v) is 3.60. The van der Waals surface area contributed by atoms with Crippen molar-refractivity contribution in [3.63, 3.8) is 0 Å². The van der Waals surface area contributed by atoms with Gasteiger partial charge in [-0.2, -0.15) is 0 Å². The molecule has 1 N–H and O–H groups in total. The van der Waals surface area contributed by atoms with Gasteiger partial charge in [-0.1, -0.05) is 13.8 Å². The van der Waals surface area contributed by atoms with Crippen LogP contribution < -0.4 is 0 Å². The summed E-state index contributed by atoms with van der Waals surface area (Å²) in [7, 11) is 3.53. The molecule has 2 atom stereocenters. The van der Waals surface area contributed by atoms with Crippen molar-refractivity contribution in [2.24, 2.45) is 5.92 Å². The summed E-state index contributed by atoms with van der Waals surface area (Å²) in [6, 6.07) is -0.865. The Morgan fingerprint density at radius 1 is 1.44 bits per heavy atom. The molecule has 18 heavy (non-hydrogen) atoms. The second-order valence-corrected chi connectivity index (χ2v) is 5.57. The fraction of sp³-hybridized carbons (Fsp3) is 0.846. The largest absolute Gasteiger partial charge is 0.480 e. The van der Waals surface area contributed by atoms with Crippen molar-refractivity contribution in [2.75, 3.05) is 20.6 Å². The van der Waals surface area contributed by atoms with Crippen molar-refractivity contribution in [1.82, 2.24) is 9.80 Å². The van der Waals surface area contributed by atoms with E-state index in [1.807, 2.05) is 25.8 Å². The van der Waals surface area contributed by atoms with E-state index in [0.29, 0.717) is 6.42 Å². The number of carbonyl (C=O) groups excluding carboxylic acids is 1. The third kappa shape index (κ3) is 3.45. The van der Waals surface area contributed by atoms with Gasteiger partial charge in [-0.15, -0.1) is 0 Å². The predicted octanol–water partition coefficient (Wildman–Crippen LogP) is 1.04. The van der Waals surface area contributed by atoms with E-state index in [1.165, 1.54) is 4.90 Å². The van der Waals surface area contributed by atoms with E-state index in [2.05, 4.69) is 0 Å². The van der Waals surface area contributed by atoms with Crippen LogP contribution >= 0.6 is 0 Å². The van der Waals surface area contributed by atoms with Crippen molar-refractivity contribution in [1.29, 1.82) is 0 Å². The molecular weight excluding hydrogens is 232 g/mol. The summed E-state index contributed by atoms with van der Waals surface area (Å²) < 4.78 is 0. The minimum absolute atomic E-state index is 0.0666. The molecule has 0 bridgehead atoms. The molecule has 1 fully saturated rings. The van der Waals surface area contributed by atoms with Crippen LogP contribution in [-0.4, -0.2) is 59.5 Å². The fourth-order valence-electron chi connectivity index (χ4n) is 2.48. The number of likely N-dealkylation sites (tertiary alicyclic amines) is 1. The van der Waals surface area contributed by atoms with Gasteiger partial charge in [0.15, 0.2) is 0 Å². The maximum absolute atomic E-state index is 12.3.